The summed E-state index contributed by atoms with van der Waals surface area (Å²) in [5.41, 5.74) is -5.71. The van der Waals surface area contributed by atoms with Crippen molar-refractivity contribution < 1.29 is 40.6 Å². The highest BCUT2D eigenvalue weighted by Crippen LogP contribution is 2.45. The van der Waals surface area contributed by atoms with Crippen LogP contribution in [0, 0.1) is 5.41 Å². The molecule has 0 unspecified atom stereocenters. The van der Waals surface area contributed by atoms with Gasteiger partial charge >= 0.3 is 18.3 Å². The lowest BCUT2D eigenvalue weighted by atomic mass is 9.90. The number of carbonyl (C=O) groups is 1. The van der Waals surface area contributed by atoms with Crippen LogP contribution in [0.3, 0.4) is 0 Å². The number of hydrogen-bond donors (Lipinski definition) is 0. The summed E-state index contributed by atoms with van der Waals surface area (Å²) >= 11 is 0. The molecule has 0 aliphatic rings. The molecule has 0 aromatic heterocycles. The summed E-state index contributed by atoms with van der Waals surface area (Å²) in [6.07, 6.45) is -11.3. The number of alkyl halides is 6. The Bertz CT molecular complexity index is 331. The van der Waals surface area contributed by atoms with Gasteiger partial charge in [-0.15, -0.1) is 0 Å². The molecule has 0 spiro atoms. The van der Waals surface area contributed by atoms with Crippen molar-refractivity contribution in [1.29, 1.82) is 0 Å². The lowest BCUT2D eigenvalue weighted by Gasteiger charge is -2.35. The normalized spacial score (nSPS) is 14.3. The molecule has 0 bridgehead atoms. The van der Waals surface area contributed by atoms with Crippen LogP contribution in [-0.2, 0) is 14.3 Å². The second kappa shape index (κ2) is 5.79. The summed E-state index contributed by atoms with van der Waals surface area (Å²) in [5.74, 6) is -1.16. The van der Waals surface area contributed by atoms with Crippen molar-refractivity contribution in [2.24, 2.45) is 5.41 Å². The van der Waals surface area contributed by atoms with Crippen molar-refractivity contribution >= 4 is 5.97 Å². The first kappa shape index (κ1) is 19.0. The molecule has 9 heteroatoms. The molecule has 0 radical (unpaired) electrons. The standard InChI is InChI=1S/C11H16F6O3/c1-5-8(2,3)7(18)20-6-9(19-4,10(12,13)14)11(15,16)17/h5-6H2,1-4H3. The van der Waals surface area contributed by atoms with E-state index in [2.05, 4.69) is 9.47 Å². The second-order valence-corrected chi connectivity index (χ2v) is 4.84. The molecule has 3 nitrogen and oxygen atoms in total. The summed E-state index contributed by atoms with van der Waals surface area (Å²) in [7, 11) is 0.264. The molecule has 0 aliphatic heterocycles. The minimum Gasteiger partial charge on any atom is -0.461 e. The minimum absolute atomic E-state index is 0.198. The van der Waals surface area contributed by atoms with E-state index >= 15 is 0 Å². The number of hydrogen-bond acceptors (Lipinski definition) is 3. The van der Waals surface area contributed by atoms with Gasteiger partial charge in [-0.25, -0.2) is 0 Å². The highest BCUT2D eigenvalue weighted by Gasteiger charge is 2.73. The van der Waals surface area contributed by atoms with E-state index in [1.165, 1.54) is 13.8 Å². The van der Waals surface area contributed by atoms with Crippen LogP contribution >= 0.6 is 0 Å². The monoisotopic (exact) mass is 310 g/mol. The predicted octanol–water partition coefficient (Wildman–Crippen LogP) is 3.48. The fraction of sp³-hybridized carbons (Fsp3) is 0.909. The quantitative estimate of drug-likeness (QED) is 0.576. The topological polar surface area (TPSA) is 35.5 Å². The molecule has 0 N–H and O–H groups in total. The average Bonchev–Trinajstić information content (AvgIpc) is 2.26. The van der Waals surface area contributed by atoms with E-state index in [-0.39, 0.29) is 13.5 Å². The van der Waals surface area contributed by atoms with Crippen LogP contribution in [0.2, 0.25) is 0 Å². The maximum absolute atomic E-state index is 12.7. The van der Waals surface area contributed by atoms with E-state index in [0.717, 1.165) is 0 Å². The highest BCUT2D eigenvalue weighted by atomic mass is 19.4. The number of rotatable bonds is 5. The third-order valence-electron chi connectivity index (χ3n) is 3.11. The van der Waals surface area contributed by atoms with Crippen LogP contribution in [0.15, 0.2) is 0 Å². The molecule has 0 saturated carbocycles. The van der Waals surface area contributed by atoms with Gasteiger partial charge in [0.15, 0.2) is 0 Å². The highest BCUT2D eigenvalue weighted by molar-refractivity contribution is 5.75. The van der Waals surface area contributed by atoms with Gasteiger partial charge in [-0.2, -0.15) is 26.3 Å². The SMILES string of the molecule is CCC(C)(C)C(=O)OCC(OC)(C(F)(F)F)C(F)(F)F. The first-order chi connectivity index (χ1) is 8.75. The Labute approximate surface area is 112 Å². The van der Waals surface area contributed by atoms with E-state index in [1.54, 1.807) is 6.92 Å². The van der Waals surface area contributed by atoms with E-state index in [1.807, 2.05) is 0 Å². The number of halogens is 6. The minimum atomic E-state index is -5.77. The van der Waals surface area contributed by atoms with E-state index < -0.39 is 35.9 Å². The van der Waals surface area contributed by atoms with E-state index in [9.17, 15) is 31.1 Å². The van der Waals surface area contributed by atoms with Crippen molar-refractivity contribution in [3.05, 3.63) is 0 Å². The lowest BCUT2D eigenvalue weighted by molar-refractivity contribution is -0.382. The van der Waals surface area contributed by atoms with Crippen molar-refractivity contribution in [1.82, 2.24) is 0 Å². The molecule has 0 aromatic rings. The van der Waals surface area contributed by atoms with Crippen LogP contribution in [0.1, 0.15) is 27.2 Å². The summed E-state index contributed by atoms with van der Waals surface area (Å²) in [6.45, 7) is 2.28. The predicted molar refractivity (Wildman–Crippen MR) is 56.9 cm³/mol. The molecule has 120 valence electrons. The Kier molecular flexibility index (Phi) is 5.50. The lowest BCUT2D eigenvalue weighted by Crippen LogP contribution is -2.61. The zero-order valence-electron chi connectivity index (χ0n) is 11.4. The zero-order chi connectivity index (χ0) is 16.4. The molecule has 0 aliphatic carbocycles. The third-order valence-corrected chi connectivity index (χ3v) is 3.11. The van der Waals surface area contributed by atoms with Gasteiger partial charge in [0.2, 0.25) is 0 Å². The van der Waals surface area contributed by atoms with Gasteiger partial charge in [-0.05, 0) is 20.3 Å². The van der Waals surface area contributed by atoms with Crippen molar-refractivity contribution in [3.63, 3.8) is 0 Å². The summed E-state index contributed by atoms with van der Waals surface area (Å²) in [5, 5.41) is 0. The van der Waals surface area contributed by atoms with Crippen molar-refractivity contribution in [2.45, 2.75) is 45.1 Å². The number of ether oxygens (including phenoxy) is 2. The van der Waals surface area contributed by atoms with Crippen LogP contribution in [0.4, 0.5) is 26.3 Å². The molecular formula is C11H16F6O3. The molecule has 0 aromatic carbocycles. The maximum Gasteiger partial charge on any atom is 0.430 e. The molecule has 0 heterocycles. The van der Waals surface area contributed by atoms with Crippen molar-refractivity contribution in [3.8, 4) is 0 Å². The Morgan fingerprint density at radius 2 is 1.40 bits per heavy atom. The maximum atomic E-state index is 12.7. The number of carbonyl (C=O) groups excluding carboxylic acids is 1. The molecule has 0 atom stereocenters. The summed E-state index contributed by atoms with van der Waals surface area (Å²) < 4.78 is 83.8. The average molecular weight is 310 g/mol. The van der Waals surface area contributed by atoms with E-state index in [4.69, 9.17) is 0 Å². The van der Waals surface area contributed by atoms with Gasteiger partial charge in [0.05, 0.1) is 5.41 Å². The first-order valence-electron chi connectivity index (χ1n) is 5.61. The first-order valence-corrected chi connectivity index (χ1v) is 5.61. The third kappa shape index (κ3) is 3.56. The van der Waals surface area contributed by atoms with Gasteiger partial charge in [-0.1, -0.05) is 6.92 Å². The Morgan fingerprint density at radius 3 is 1.65 bits per heavy atom. The van der Waals surface area contributed by atoms with Crippen molar-refractivity contribution in [2.75, 3.05) is 13.7 Å². The van der Waals surface area contributed by atoms with Crippen LogP contribution < -0.4 is 0 Å². The Hall–Kier alpha value is -0.990. The molecule has 0 amide bonds. The molecule has 0 fully saturated rings. The molecular weight excluding hydrogens is 294 g/mol. The van der Waals surface area contributed by atoms with Crippen LogP contribution in [0.25, 0.3) is 0 Å². The second-order valence-electron chi connectivity index (χ2n) is 4.84. The van der Waals surface area contributed by atoms with Gasteiger partial charge < -0.3 is 9.47 Å². The number of esters is 1. The molecule has 0 rings (SSSR count). The van der Waals surface area contributed by atoms with Crippen LogP contribution in [0.5, 0.6) is 0 Å². The zero-order valence-corrected chi connectivity index (χ0v) is 11.4. The molecule has 0 saturated heterocycles. The van der Waals surface area contributed by atoms with Gasteiger partial charge in [0.1, 0.15) is 6.61 Å². The van der Waals surface area contributed by atoms with Gasteiger partial charge in [0.25, 0.3) is 5.60 Å². The fourth-order valence-corrected chi connectivity index (χ4v) is 1.12. The smallest absolute Gasteiger partial charge is 0.430 e. The van der Waals surface area contributed by atoms with E-state index in [0.29, 0.717) is 0 Å². The van der Waals surface area contributed by atoms with Gasteiger partial charge in [0, 0.05) is 7.11 Å². The molecule has 20 heavy (non-hydrogen) atoms. The fourth-order valence-electron chi connectivity index (χ4n) is 1.12. The number of methoxy groups -OCH3 is 1. The summed E-state index contributed by atoms with van der Waals surface area (Å²) in [6, 6.07) is 0. The Morgan fingerprint density at radius 1 is 1.00 bits per heavy atom. The van der Waals surface area contributed by atoms with Gasteiger partial charge in [-0.3, -0.25) is 4.79 Å². The largest absolute Gasteiger partial charge is 0.461 e. The Balaban J connectivity index is 5.29. The van der Waals surface area contributed by atoms with Crippen LogP contribution in [-0.4, -0.2) is 37.6 Å². The summed E-state index contributed by atoms with van der Waals surface area (Å²) in [4.78, 5) is 11.5.